The summed E-state index contributed by atoms with van der Waals surface area (Å²) in [5, 5.41) is 8.11. The molecule has 8 heteroatoms. The number of aryl methyl sites for hydroxylation is 3. The van der Waals surface area contributed by atoms with Crippen molar-refractivity contribution >= 4 is 10.0 Å². The fraction of sp³-hybridized carbons (Fsp3) is 0.455. The van der Waals surface area contributed by atoms with Gasteiger partial charge in [0.15, 0.2) is 0 Å². The minimum atomic E-state index is -3.55. The first-order valence-electron chi connectivity index (χ1n) is 5.78. The van der Waals surface area contributed by atoms with Gasteiger partial charge in [0.2, 0.25) is 10.0 Å². The zero-order valence-corrected chi connectivity index (χ0v) is 12.2. The second-order valence-electron chi connectivity index (χ2n) is 4.46. The lowest BCUT2D eigenvalue weighted by Crippen LogP contribution is -2.23. The van der Waals surface area contributed by atoms with Crippen molar-refractivity contribution in [1.82, 2.24) is 24.3 Å². The highest BCUT2D eigenvalue weighted by Gasteiger charge is 2.20. The highest BCUT2D eigenvalue weighted by molar-refractivity contribution is 7.89. The summed E-state index contributed by atoms with van der Waals surface area (Å²) in [6.07, 6.45) is 3.15. The highest BCUT2D eigenvalue weighted by Crippen LogP contribution is 2.14. The van der Waals surface area contributed by atoms with Crippen LogP contribution in [0.15, 0.2) is 17.3 Å². The Labute approximate surface area is 112 Å². The van der Waals surface area contributed by atoms with Crippen LogP contribution in [-0.4, -0.2) is 28.0 Å². The number of rotatable bonds is 4. The molecule has 2 rings (SSSR count). The highest BCUT2D eigenvalue weighted by atomic mass is 32.2. The van der Waals surface area contributed by atoms with Crippen LogP contribution >= 0.6 is 0 Å². The number of aromatic nitrogens is 4. The molecule has 0 radical (unpaired) electrons. The van der Waals surface area contributed by atoms with Crippen LogP contribution in [0.5, 0.6) is 0 Å². The number of nitrogens with zero attached hydrogens (tertiary/aromatic N) is 4. The number of hydrogen-bond acceptors (Lipinski definition) is 4. The molecule has 2 aromatic rings. The Morgan fingerprint density at radius 2 is 2.00 bits per heavy atom. The van der Waals surface area contributed by atoms with E-state index in [0.29, 0.717) is 5.69 Å². The molecule has 1 N–H and O–H groups in total. The van der Waals surface area contributed by atoms with Crippen molar-refractivity contribution in [2.75, 3.05) is 0 Å². The van der Waals surface area contributed by atoms with Crippen molar-refractivity contribution < 1.29 is 8.42 Å². The second-order valence-corrected chi connectivity index (χ2v) is 6.19. The summed E-state index contributed by atoms with van der Waals surface area (Å²) in [7, 11) is -0.0364. The normalized spacial score (nSPS) is 12.0. The van der Waals surface area contributed by atoms with E-state index in [1.54, 1.807) is 31.9 Å². The van der Waals surface area contributed by atoms with Gasteiger partial charge in [-0.1, -0.05) is 0 Å². The lowest BCUT2D eigenvalue weighted by molar-refractivity contribution is 0.580. The van der Waals surface area contributed by atoms with Crippen LogP contribution in [0.3, 0.4) is 0 Å². The van der Waals surface area contributed by atoms with Crippen molar-refractivity contribution in [2.24, 2.45) is 14.1 Å². The molecule has 0 bridgehead atoms. The fourth-order valence-corrected chi connectivity index (χ4v) is 3.02. The molecule has 0 aromatic carbocycles. The van der Waals surface area contributed by atoms with Crippen molar-refractivity contribution in [1.29, 1.82) is 0 Å². The molecule has 7 nitrogen and oxygen atoms in total. The first-order chi connectivity index (χ1) is 8.81. The van der Waals surface area contributed by atoms with Gasteiger partial charge < -0.3 is 0 Å². The number of hydrogen-bond donors (Lipinski definition) is 1. The largest absolute Gasteiger partial charge is 0.275 e. The van der Waals surface area contributed by atoms with Crippen LogP contribution in [0.2, 0.25) is 0 Å². The van der Waals surface area contributed by atoms with E-state index in [9.17, 15) is 8.42 Å². The molecule has 0 aliphatic rings. The van der Waals surface area contributed by atoms with Gasteiger partial charge in [-0.3, -0.25) is 9.36 Å². The maximum Gasteiger partial charge on any atom is 0.244 e. The van der Waals surface area contributed by atoms with Gasteiger partial charge in [0.05, 0.1) is 17.6 Å². The van der Waals surface area contributed by atoms with E-state index >= 15 is 0 Å². The predicted molar refractivity (Wildman–Crippen MR) is 69.9 cm³/mol. The van der Waals surface area contributed by atoms with Crippen LogP contribution in [0.25, 0.3) is 0 Å². The standard InChI is InChI=1S/C11H17N5O2S/c1-8-10(7-15(3)14-8)5-13-19(17,18)11-6-12-16(4)9(11)2/h6-7,13H,5H2,1-4H3. The molecule has 0 amide bonds. The average Bonchev–Trinajstić information content (AvgIpc) is 2.81. The third kappa shape index (κ3) is 2.69. The SMILES string of the molecule is Cc1nn(C)cc1CNS(=O)(=O)c1cnn(C)c1C. The van der Waals surface area contributed by atoms with Gasteiger partial charge in [0.1, 0.15) is 4.90 Å². The summed E-state index contributed by atoms with van der Waals surface area (Å²) in [6, 6.07) is 0. The summed E-state index contributed by atoms with van der Waals surface area (Å²) in [5.74, 6) is 0. The van der Waals surface area contributed by atoms with Gasteiger partial charge in [-0.05, 0) is 13.8 Å². The molecule has 0 aliphatic heterocycles. The number of nitrogens with one attached hydrogen (secondary N) is 1. The number of sulfonamides is 1. The van der Waals surface area contributed by atoms with Gasteiger partial charge in [-0.15, -0.1) is 0 Å². The molecular weight excluding hydrogens is 266 g/mol. The molecule has 2 heterocycles. The minimum absolute atomic E-state index is 0.205. The molecule has 104 valence electrons. The third-order valence-corrected chi connectivity index (χ3v) is 4.55. The second kappa shape index (κ2) is 4.78. The van der Waals surface area contributed by atoms with E-state index in [2.05, 4.69) is 14.9 Å². The zero-order chi connectivity index (χ0) is 14.2. The lowest BCUT2D eigenvalue weighted by Gasteiger charge is -2.05. The third-order valence-electron chi connectivity index (χ3n) is 3.05. The first kappa shape index (κ1) is 13.8. The molecular formula is C11H17N5O2S. The van der Waals surface area contributed by atoms with E-state index in [1.165, 1.54) is 10.9 Å². The van der Waals surface area contributed by atoms with Crippen LogP contribution < -0.4 is 4.72 Å². The van der Waals surface area contributed by atoms with Crippen molar-refractivity contribution in [3.8, 4) is 0 Å². The Balaban J connectivity index is 2.19. The monoisotopic (exact) mass is 283 g/mol. The molecule has 2 aromatic heterocycles. The fourth-order valence-electron chi connectivity index (χ4n) is 1.82. The zero-order valence-electron chi connectivity index (χ0n) is 11.4. The molecule has 0 spiro atoms. The quantitative estimate of drug-likeness (QED) is 0.872. The Hall–Kier alpha value is -1.67. The van der Waals surface area contributed by atoms with Gasteiger partial charge in [0.25, 0.3) is 0 Å². The summed E-state index contributed by atoms with van der Waals surface area (Å²) < 4.78 is 30.1. The predicted octanol–water partition coefficient (Wildman–Crippen LogP) is 0.249. The molecule has 0 saturated heterocycles. The molecule has 19 heavy (non-hydrogen) atoms. The van der Waals surface area contributed by atoms with Crippen molar-refractivity contribution in [3.63, 3.8) is 0 Å². The van der Waals surface area contributed by atoms with E-state index in [1.807, 2.05) is 6.92 Å². The van der Waals surface area contributed by atoms with Crippen LogP contribution in [0.4, 0.5) is 0 Å². The van der Waals surface area contributed by atoms with Gasteiger partial charge in [-0.25, -0.2) is 13.1 Å². The molecule has 0 atom stereocenters. The van der Waals surface area contributed by atoms with E-state index in [4.69, 9.17) is 0 Å². The van der Waals surface area contributed by atoms with Crippen molar-refractivity contribution in [2.45, 2.75) is 25.3 Å². The average molecular weight is 283 g/mol. The smallest absolute Gasteiger partial charge is 0.244 e. The van der Waals surface area contributed by atoms with Crippen LogP contribution in [0.1, 0.15) is 17.0 Å². The minimum Gasteiger partial charge on any atom is -0.275 e. The molecule has 0 aliphatic carbocycles. The summed E-state index contributed by atoms with van der Waals surface area (Å²) in [5.41, 5.74) is 2.27. The summed E-state index contributed by atoms with van der Waals surface area (Å²) in [4.78, 5) is 0.205. The Morgan fingerprint density at radius 3 is 2.47 bits per heavy atom. The van der Waals surface area contributed by atoms with Crippen LogP contribution in [-0.2, 0) is 30.7 Å². The maximum absolute atomic E-state index is 12.2. The summed E-state index contributed by atoms with van der Waals surface area (Å²) >= 11 is 0. The topological polar surface area (TPSA) is 81.8 Å². The van der Waals surface area contributed by atoms with Gasteiger partial charge in [0, 0.05) is 32.4 Å². The van der Waals surface area contributed by atoms with Crippen LogP contribution in [0, 0.1) is 13.8 Å². The van der Waals surface area contributed by atoms with E-state index < -0.39 is 10.0 Å². The van der Waals surface area contributed by atoms with Gasteiger partial charge in [-0.2, -0.15) is 10.2 Å². The van der Waals surface area contributed by atoms with E-state index in [-0.39, 0.29) is 11.4 Å². The Morgan fingerprint density at radius 1 is 1.32 bits per heavy atom. The lowest BCUT2D eigenvalue weighted by atomic mass is 10.3. The molecule has 0 unspecified atom stereocenters. The van der Waals surface area contributed by atoms with E-state index in [0.717, 1.165) is 11.3 Å². The maximum atomic E-state index is 12.2. The van der Waals surface area contributed by atoms with Gasteiger partial charge >= 0.3 is 0 Å². The Kier molecular flexibility index (Phi) is 3.46. The van der Waals surface area contributed by atoms with Crippen molar-refractivity contribution in [3.05, 3.63) is 29.3 Å². The Bertz CT molecular complexity index is 699. The first-order valence-corrected chi connectivity index (χ1v) is 7.27. The molecule has 0 fully saturated rings. The molecule has 0 saturated carbocycles. The summed E-state index contributed by atoms with van der Waals surface area (Å²) in [6.45, 7) is 3.78.